The summed E-state index contributed by atoms with van der Waals surface area (Å²) in [5.74, 6) is 0.0113. The Morgan fingerprint density at radius 1 is 0.918 bits per heavy atom. The van der Waals surface area contributed by atoms with Crippen molar-refractivity contribution >= 4 is 11.8 Å². The Morgan fingerprint density at radius 2 is 1.65 bits per heavy atom. The molecule has 1 saturated carbocycles. The Labute approximate surface area is 291 Å². The zero-order chi connectivity index (χ0) is 34.4. The first kappa shape index (κ1) is 36.5. The van der Waals surface area contributed by atoms with Crippen molar-refractivity contribution in [3.05, 3.63) is 108 Å². The molecule has 49 heavy (non-hydrogen) atoms. The van der Waals surface area contributed by atoms with Crippen LogP contribution < -0.4 is 10.6 Å². The van der Waals surface area contributed by atoms with Gasteiger partial charge in [-0.3, -0.25) is 14.5 Å². The van der Waals surface area contributed by atoms with Crippen LogP contribution in [-0.4, -0.2) is 53.6 Å². The maximum atomic E-state index is 12.6. The Kier molecular flexibility index (Phi) is 14.0. The number of nitrogens with one attached hydrogen (secondary N) is 2. The molecule has 3 atom stereocenters. The van der Waals surface area contributed by atoms with Gasteiger partial charge in [0, 0.05) is 57.5 Å². The second kappa shape index (κ2) is 18.8. The molecule has 0 bridgehead atoms. The van der Waals surface area contributed by atoms with Crippen LogP contribution in [0.3, 0.4) is 0 Å². The molecule has 1 heterocycles. The van der Waals surface area contributed by atoms with Crippen molar-refractivity contribution in [2.24, 2.45) is 0 Å². The van der Waals surface area contributed by atoms with Gasteiger partial charge in [-0.15, -0.1) is 6.58 Å². The summed E-state index contributed by atoms with van der Waals surface area (Å²) in [6.45, 7) is 8.35. The summed E-state index contributed by atoms with van der Waals surface area (Å²) < 4.78 is 13.3. The largest absolute Gasteiger partial charge is 0.392 e. The lowest BCUT2D eigenvalue weighted by molar-refractivity contribution is -0.253. The Balaban J connectivity index is 1.25. The number of aliphatic hydroxyl groups is 1. The van der Waals surface area contributed by atoms with Crippen LogP contribution in [0.25, 0.3) is 11.1 Å². The van der Waals surface area contributed by atoms with Crippen molar-refractivity contribution in [1.29, 1.82) is 0 Å². The van der Waals surface area contributed by atoms with Gasteiger partial charge in [0.15, 0.2) is 6.29 Å². The van der Waals surface area contributed by atoms with E-state index in [9.17, 15) is 14.7 Å². The number of carbonyl (C=O) groups is 2. The minimum Gasteiger partial charge on any atom is -0.392 e. The lowest BCUT2D eigenvalue weighted by atomic mass is 9.97. The van der Waals surface area contributed by atoms with Gasteiger partial charge in [0.1, 0.15) is 0 Å². The average Bonchev–Trinajstić information content (AvgIpc) is 3.67. The highest BCUT2D eigenvalue weighted by molar-refractivity contribution is 5.76. The summed E-state index contributed by atoms with van der Waals surface area (Å²) >= 11 is 0. The van der Waals surface area contributed by atoms with E-state index in [0.717, 1.165) is 72.2 Å². The summed E-state index contributed by atoms with van der Waals surface area (Å²) in [6, 6.07) is 25.2. The van der Waals surface area contributed by atoms with Crippen LogP contribution in [0.4, 0.5) is 0 Å². The molecule has 3 unspecified atom stereocenters. The number of hydrogen-bond donors (Lipinski definition) is 3. The standard InChI is InChI=1S/C41H53N3O5/c1-3-25-44(36-12-7-8-13-36)28-37-26-39(33-18-16-31(29-45)17-19-33)49-41(48-37)34-22-20-32(21-23-34)38-14-9-6-11-35(38)27-43-40(47)15-5-4-10-24-42-30(2)46/h3,6,9,11,14,16-23,36-37,39,41,45H,1,4-5,7-8,10,12-13,15,24-29H2,2H3,(H,42,46)(H,43,47). The third-order valence-electron chi connectivity index (χ3n) is 9.70. The smallest absolute Gasteiger partial charge is 0.220 e. The normalized spacial score (nSPS) is 19.5. The molecule has 1 aliphatic heterocycles. The molecular formula is C41H53N3O5. The highest BCUT2D eigenvalue weighted by atomic mass is 16.7. The van der Waals surface area contributed by atoms with E-state index in [4.69, 9.17) is 9.47 Å². The fourth-order valence-corrected chi connectivity index (χ4v) is 7.01. The molecule has 2 aliphatic rings. The molecule has 5 rings (SSSR count). The Bertz CT molecular complexity index is 1490. The molecule has 2 fully saturated rings. The minimum absolute atomic E-state index is 0.0111. The van der Waals surface area contributed by atoms with Crippen LogP contribution in [0, 0.1) is 0 Å². The highest BCUT2D eigenvalue weighted by Crippen LogP contribution is 2.39. The first-order valence-electron chi connectivity index (χ1n) is 18.0. The number of amides is 2. The highest BCUT2D eigenvalue weighted by Gasteiger charge is 2.34. The number of aliphatic hydroxyl groups excluding tert-OH is 1. The van der Waals surface area contributed by atoms with Gasteiger partial charge in [-0.2, -0.15) is 0 Å². The summed E-state index contributed by atoms with van der Waals surface area (Å²) in [5, 5.41) is 15.5. The van der Waals surface area contributed by atoms with Crippen molar-refractivity contribution in [1.82, 2.24) is 15.5 Å². The topological polar surface area (TPSA) is 100 Å². The van der Waals surface area contributed by atoms with Gasteiger partial charge in [0.05, 0.1) is 18.8 Å². The number of hydrogen-bond acceptors (Lipinski definition) is 6. The third-order valence-corrected chi connectivity index (χ3v) is 9.70. The summed E-state index contributed by atoms with van der Waals surface area (Å²) in [7, 11) is 0. The van der Waals surface area contributed by atoms with Crippen LogP contribution in [0.5, 0.6) is 0 Å². The Morgan fingerprint density at radius 3 is 2.37 bits per heavy atom. The first-order chi connectivity index (χ1) is 23.9. The predicted molar refractivity (Wildman–Crippen MR) is 193 cm³/mol. The van der Waals surface area contributed by atoms with Crippen molar-refractivity contribution in [2.45, 2.75) is 102 Å². The molecule has 0 aromatic heterocycles. The fourth-order valence-electron chi connectivity index (χ4n) is 7.01. The molecular weight excluding hydrogens is 614 g/mol. The van der Waals surface area contributed by atoms with Crippen LogP contribution in [0.2, 0.25) is 0 Å². The Hall–Kier alpha value is -3.82. The average molecular weight is 668 g/mol. The van der Waals surface area contributed by atoms with Gasteiger partial charge in [0.25, 0.3) is 0 Å². The maximum Gasteiger partial charge on any atom is 0.220 e. The monoisotopic (exact) mass is 667 g/mol. The molecule has 8 heteroatoms. The zero-order valence-corrected chi connectivity index (χ0v) is 28.9. The van der Waals surface area contributed by atoms with Crippen LogP contribution in [0.15, 0.2) is 85.5 Å². The van der Waals surface area contributed by atoms with Gasteiger partial charge in [-0.1, -0.05) is 98.1 Å². The van der Waals surface area contributed by atoms with Crippen molar-refractivity contribution in [3.8, 4) is 11.1 Å². The van der Waals surface area contributed by atoms with Crippen molar-refractivity contribution in [3.63, 3.8) is 0 Å². The predicted octanol–water partition coefficient (Wildman–Crippen LogP) is 7.13. The van der Waals surface area contributed by atoms with E-state index in [1.807, 2.05) is 30.3 Å². The molecule has 0 spiro atoms. The first-order valence-corrected chi connectivity index (χ1v) is 18.0. The molecule has 3 N–H and O–H groups in total. The summed E-state index contributed by atoms with van der Waals surface area (Å²) in [5.41, 5.74) is 6.13. The maximum absolute atomic E-state index is 12.6. The molecule has 2 amide bonds. The number of ether oxygens (including phenoxy) is 2. The summed E-state index contributed by atoms with van der Waals surface area (Å²) in [6.07, 6.45) is 10.1. The van der Waals surface area contributed by atoms with Gasteiger partial charge in [-0.05, 0) is 53.5 Å². The molecule has 262 valence electrons. The minimum atomic E-state index is -0.516. The van der Waals surface area contributed by atoms with Crippen molar-refractivity contribution in [2.75, 3.05) is 19.6 Å². The number of nitrogens with zero attached hydrogens (tertiary/aromatic N) is 1. The van der Waals surface area contributed by atoms with Gasteiger partial charge < -0.3 is 25.2 Å². The van der Waals surface area contributed by atoms with E-state index >= 15 is 0 Å². The van der Waals surface area contributed by atoms with Crippen LogP contribution >= 0.6 is 0 Å². The van der Waals surface area contributed by atoms with Gasteiger partial charge in [-0.25, -0.2) is 0 Å². The quantitative estimate of drug-likeness (QED) is 0.105. The van der Waals surface area contributed by atoms with Gasteiger partial charge in [0.2, 0.25) is 11.8 Å². The third kappa shape index (κ3) is 10.8. The van der Waals surface area contributed by atoms with Crippen molar-refractivity contribution < 1.29 is 24.2 Å². The van der Waals surface area contributed by atoms with E-state index in [0.29, 0.717) is 25.6 Å². The van der Waals surface area contributed by atoms with Gasteiger partial charge >= 0.3 is 0 Å². The van der Waals surface area contributed by atoms with E-state index in [-0.39, 0.29) is 30.6 Å². The van der Waals surface area contributed by atoms with E-state index in [1.54, 1.807) is 0 Å². The number of benzene rings is 3. The SMILES string of the molecule is C=CCN(CC1CC(c2ccc(CO)cc2)OC(c2ccc(-c3ccccc3CNC(=O)CCCCCNC(C)=O)cc2)O1)C1CCCC1. The van der Waals surface area contributed by atoms with Crippen LogP contribution in [-0.2, 0) is 32.2 Å². The van der Waals surface area contributed by atoms with Crippen LogP contribution in [0.1, 0.15) is 99.4 Å². The lowest BCUT2D eigenvalue weighted by Gasteiger charge is -2.39. The lowest BCUT2D eigenvalue weighted by Crippen LogP contribution is -2.43. The molecule has 8 nitrogen and oxygen atoms in total. The second-order valence-corrected chi connectivity index (χ2v) is 13.4. The molecule has 3 aromatic carbocycles. The summed E-state index contributed by atoms with van der Waals surface area (Å²) in [4.78, 5) is 26.1. The number of carbonyl (C=O) groups excluding carboxylic acids is 2. The number of rotatable bonds is 17. The molecule has 0 radical (unpaired) electrons. The molecule has 1 aliphatic carbocycles. The van der Waals surface area contributed by atoms with E-state index in [1.165, 1.54) is 32.6 Å². The second-order valence-electron chi connectivity index (χ2n) is 13.4. The molecule has 1 saturated heterocycles. The zero-order valence-electron chi connectivity index (χ0n) is 28.9. The van der Waals surface area contributed by atoms with E-state index in [2.05, 4.69) is 70.6 Å². The fraction of sp³-hybridized carbons (Fsp3) is 0.463. The molecule has 3 aromatic rings. The number of unbranched alkanes of at least 4 members (excludes halogenated alkanes) is 2. The van der Waals surface area contributed by atoms with E-state index < -0.39 is 6.29 Å².